The standard InChI is InChI=1S/C18H22N2O5S2/c1-11(2)20-27(23,24)15-7-5-14(6-8-15)19-17(21)13(4)25-18(22)16-12(3)9-10-26-16/h5-11,13,20H,1-4H3,(H,19,21)/t13-/m1/s1. The van der Waals surface area contributed by atoms with E-state index in [1.54, 1.807) is 32.2 Å². The predicted octanol–water partition coefficient (Wildman–Crippen LogP) is 2.93. The number of hydrogen-bond acceptors (Lipinski definition) is 6. The van der Waals surface area contributed by atoms with E-state index in [0.717, 1.165) is 5.56 Å². The highest BCUT2D eigenvalue weighted by Crippen LogP contribution is 2.18. The third-order valence-corrected chi connectivity index (χ3v) is 6.19. The van der Waals surface area contributed by atoms with Gasteiger partial charge in [0.15, 0.2) is 6.10 Å². The van der Waals surface area contributed by atoms with Crippen molar-refractivity contribution in [1.29, 1.82) is 0 Å². The first-order chi connectivity index (χ1) is 12.6. The second kappa shape index (κ2) is 8.64. The van der Waals surface area contributed by atoms with Crippen LogP contribution in [-0.2, 0) is 19.6 Å². The van der Waals surface area contributed by atoms with Crippen molar-refractivity contribution in [3.63, 3.8) is 0 Å². The third kappa shape index (κ3) is 5.62. The molecule has 2 rings (SSSR count). The van der Waals surface area contributed by atoms with Crippen molar-refractivity contribution in [2.75, 3.05) is 5.32 Å². The van der Waals surface area contributed by atoms with E-state index in [-0.39, 0.29) is 10.9 Å². The fourth-order valence-electron chi connectivity index (χ4n) is 2.19. The number of benzene rings is 1. The highest BCUT2D eigenvalue weighted by Gasteiger charge is 2.21. The lowest BCUT2D eigenvalue weighted by Gasteiger charge is -2.14. The van der Waals surface area contributed by atoms with Gasteiger partial charge >= 0.3 is 5.97 Å². The minimum atomic E-state index is -3.60. The molecule has 7 nitrogen and oxygen atoms in total. The van der Waals surface area contributed by atoms with Crippen molar-refractivity contribution in [3.8, 4) is 0 Å². The van der Waals surface area contributed by atoms with E-state index in [2.05, 4.69) is 10.0 Å². The van der Waals surface area contributed by atoms with Gasteiger partial charge in [-0.25, -0.2) is 17.9 Å². The molecule has 146 valence electrons. The van der Waals surface area contributed by atoms with Crippen LogP contribution >= 0.6 is 11.3 Å². The molecule has 1 amide bonds. The Kier molecular flexibility index (Phi) is 6.74. The zero-order valence-corrected chi connectivity index (χ0v) is 17.1. The van der Waals surface area contributed by atoms with Gasteiger partial charge in [0.05, 0.1) is 4.90 Å². The number of esters is 1. The smallest absolute Gasteiger partial charge is 0.349 e. The average Bonchev–Trinajstić information content (AvgIpc) is 3.00. The zero-order chi connectivity index (χ0) is 20.2. The lowest BCUT2D eigenvalue weighted by Crippen LogP contribution is -2.30. The first-order valence-electron chi connectivity index (χ1n) is 8.28. The summed E-state index contributed by atoms with van der Waals surface area (Å²) in [6, 6.07) is 7.32. The van der Waals surface area contributed by atoms with E-state index >= 15 is 0 Å². The molecular weight excluding hydrogens is 388 g/mol. The van der Waals surface area contributed by atoms with E-state index in [9.17, 15) is 18.0 Å². The number of carbonyl (C=O) groups excluding carboxylic acids is 2. The molecular formula is C18H22N2O5S2. The van der Waals surface area contributed by atoms with E-state index < -0.39 is 28.0 Å². The van der Waals surface area contributed by atoms with E-state index in [1.165, 1.54) is 42.5 Å². The van der Waals surface area contributed by atoms with Crippen LogP contribution in [0, 0.1) is 6.92 Å². The monoisotopic (exact) mass is 410 g/mol. The Bertz CT molecular complexity index is 917. The van der Waals surface area contributed by atoms with Crippen LogP contribution in [0.4, 0.5) is 5.69 Å². The van der Waals surface area contributed by atoms with Crippen LogP contribution in [-0.4, -0.2) is 32.4 Å². The summed E-state index contributed by atoms with van der Waals surface area (Å²) >= 11 is 1.25. The number of thiophene rings is 1. The van der Waals surface area contributed by atoms with Crippen LogP contribution in [0.25, 0.3) is 0 Å². The maximum Gasteiger partial charge on any atom is 0.349 e. The van der Waals surface area contributed by atoms with Gasteiger partial charge in [-0.15, -0.1) is 11.3 Å². The number of ether oxygens (including phenoxy) is 1. The van der Waals surface area contributed by atoms with E-state index in [4.69, 9.17) is 4.74 Å². The second-order valence-electron chi connectivity index (χ2n) is 6.27. The number of anilines is 1. The first kappa shape index (κ1) is 21.1. The van der Waals surface area contributed by atoms with Crippen LogP contribution in [0.2, 0.25) is 0 Å². The largest absolute Gasteiger partial charge is 0.448 e. The van der Waals surface area contributed by atoms with Gasteiger partial charge in [-0.1, -0.05) is 0 Å². The Morgan fingerprint density at radius 3 is 2.22 bits per heavy atom. The molecule has 0 aliphatic carbocycles. The number of nitrogens with one attached hydrogen (secondary N) is 2. The summed E-state index contributed by atoms with van der Waals surface area (Å²) in [5, 5.41) is 4.38. The summed E-state index contributed by atoms with van der Waals surface area (Å²) in [7, 11) is -3.60. The van der Waals surface area contributed by atoms with Crippen LogP contribution in [0.15, 0.2) is 40.6 Å². The van der Waals surface area contributed by atoms with Gasteiger partial charge < -0.3 is 10.1 Å². The van der Waals surface area contributed by atoms with Crippen molar-refractivity contribution in [2.45, 2.75) is 44.7 Å². The summed E-state index contributed by atoms with van der Waals surface area (Å²) in [6.45, 7) is 6.72. The van der Waals surface area contributed by atoms with Gasteiger partial charge in [0, 0.05) is 11.7 Å². The Morgan fingerprint density at radius 1 is 1.07 bits per heavy atom. The molecule has 0 saturated carbocycles. The molecule has 1 atom stereocenters. The third-order valence-electron chi connectivity index (χ3n) is 3.52. The van der Waals surface area contributed by atoms with Crippen LogP contribution in [0.3, 0.4) is 0 Å². The molecule has 9 heteroatoms. The lowest BCUT2D eigenvalue weighted by atomic mass is 10.3. The summed E-state index contributed by atoms with van der Waals surface area (Å²) in [4.78, 5) is 24.8. The molecule has 0 aliphatic rings. The normalized spacial score (nSPS) is 12.6. The number of carbonyl (C=O) groups is 2. The minimum absolute atomic E-state index is 0.0989. The molecule has 2 N–H and O–H groups in total. The molecule has 0 bridgehead atoms. The van der Waals surface area contributed by atoms with Gasteiger partial charge in [-0.05, 0) is 69.0 Å². The second-order valence-corrected chi connectivity index (χ2v) is 8.90. The summed E-state index contributed by atoms with van der Waals surface area (Å²) in [6.07, 6.45) is -0.995. The molecule has 1 aromatic carbocycles. The predicted molar refractivity (Wildman–Crippen MR) is 104 cm³/mol. The van der Waals surface area contributed by atoms with Gasteiger partial charge in [0.2, 0.25) is 10.0 Å². The summed E-state index contributed by atoms with van der Waals surface area (Å²) in [5.74, 6) is -1.06. The minimum Gasteiger partial charge on any atom is -0.448 e. The molecule has 0 aliphatic heterocycles. The highest BCUT2D eigenvalue weighted by molar-refractivity contribution is 7.89. The first-order valence-corrected chi connectivity index (χ1v) is 10.6. The fraction of sp³-hybridized carbons (Fsp3) is 0.333. The molecule has 0 saturated heterocycles. The Labute approximate surface area is 162 Å². The van der Waals surface area contributed by atoms with Crippen LogP contribution in [0.5, 0.6) is 0 Å². The van der Waals surface area contributed by atoms with Gasteiger partial charge in [-0.3, -0.25) is 4.79 Å². The van der Waals surface area contributed by atoms with E-state index in [1.807, 2.05) is 0 Å². The van der Waals surface area contributed by atoms with E-state index in [0.29, 0.717) is 10.6 Å². The van der Waals surface area contributed by atoms with Crippen LogP contribution in [0.1, 0.15) is 36.0 Å². The summed E-state index contributed by atoms with van der Waals surface area (Å²) < 4.78 is 31.8. The van der Waals surface area contributed by atoms with Crippen molar-refractivity contribution in [2.24, 2.45) is 0 Å². The number of hydrogen-bond donors (Lipinski definition) is 2. The molecule has 27 heavy (non-hydrogen) atoms. The average molecular weight is 411 g/mol. The van der Waals surface area contributed by atoms with Crippen molar-refractivity contribution in [3.05, 3.63) is 46.2 Å². The quantitative estimate of drug-likeness (QED) is 0.684. The fourth-order valence-corrected chi connectivity index (χ4v) is 4.25. The molecule has 0 unspecified atom stereocenters. The van der Waals surface area contributed by atoms with Gasteiger partial charge in [-0.2, -0.15) is 0 Å². The molecule has 0 fully saturated rings. The summed E-state index contributed by atoms with van der Waals surface area (Å²) in [5.41, 5.74) is 1.20. The van der Waals surface area contributed by atoms with Crippen molar-refractivity contribution < 1.29 is 22.7 Å². The Balaban J connectivity index is 1.99. The molecule has 0 spiro atoms. The zero-order valence-electron chi connectivity index (χ0n) is 15.5. The number of sulfonamides is 1. The van der Waals surface area contributed by atoms with Crippen molar-refractivity contribution >= 4 is 38.9 Å². The lowest BCUT2D eigenvalue weighted by molar-refractivity contribution is -0.123. The topological polar surface area (TPSA) is 102 Å². The van der Waals surface area contributed by atoms with Crippen LogP contribution < -0.4 is 10.0 Å². The maximum atomic E-state index is 12.2. The van der Waals surface area contributed by atoms with Crippen molar-refractivity contribution in [1.82, 2.24) is 4.72 Å². The Hall–Kier alpha value is -2.23. The Morgan fingerprint density at radius 2 is 1.70 bits per heavy atom. The maximum absolute atomic E-state index is 12.2. The molecule has 0 radical (unpaired) electrons. The van der Waals surface area contributed by atoms with Gasteiger partial charge in [0.25, 0.3) is 5.91 Å². The highest BCUT2D eigenvalue weighted by atomic mass is 32.2. The SMILES string of the molecule is Cc1ccsc1C(=O)O[C@H](C)C(=O)Nc1ccc(S(=O)(=O)NC(C)C)cc1. The molecule has 2 aromatic rings. The number of rotatable bonds is 7. The molecule has 1 heterocycles. The number of aryl methyl sites for hydroxylation is 1. The molecule has 1 aromatic heterocycles. The van der Waals surface area contributed by atoms with Gasteiger partial charge in [0.1, 0.15) is 4.88 Å². The number of amides is 1.